The molecule has 13 heavy (non-hydrogen) atoms. The molecule has 1 aliphatic heterocycles. The molecule has 1 aliphatic rings. The second-order valence-electron chi connectivity index (χ2n) is 3.43. The van der Waals surface area contributed by atoms with Crippen LogP contribution in [0.5, 0.6) is 0 Å². The van der Waals surface area contributed by atoms with Crippen LogP contribution in [0.4, 0.5) is 13.2 Å². The monoisotopic (exact) mass is 196 g/mol. The Balaban J connectivity index is 1.83. The minimum absolute atomic E-state index is 0.0453. The predicted molar refractivity (Wildman–Crippen MR) is 44.5 cm³/mol. The average Bonchev–Trinajstić information content (AvgIpc) is 1.90. The Bertz CT molecular complexity index is 143. The summed E-state index contributed by atoms with van der Waals surface area (Å²) in [5.41, 5.74) is 0. The molecule has 1 fully saturated rings. The van der Waals surface area contributed by atoms with E-state index in [1.807, 2.05) is 0 Å². The second-order valence-corrected chi connectivity index (χ2v) is 3.43. The molecule has 0 aromatic heterocycles. The third kappa shape index (κ3) is 5.10. The van der Waals surface area contributed by atoms with Crippen molar-refractivity contribution in [2.24, 2.45) is 5.92 Å². The van der Waals surface area contributed by atoms with Crippen LogP contribution in [-0.2, 0) is 0 Å². The maximum absolute atomic E-state index is 11.7. The zero-order valence-corrected chi connectivity index (χ0v) is 7.45. The van der Waals surface area contributed by atoms with Crippen LogP contribution < -0.4 is 10.6 Å². The third-order valence-electron chi connectivity index (χ3n) is 2.18. The second kappa shape index (κ2) is 4.81. The Hall–Kier alpha value is -0.290. The Labute approximate surface area is 75.9 Å². The topological polar surface area (TPSA) is 24.1 Å². The Morgan fingerprint density at radius 1 is 1.23 bits per heavy atom. The van der Waals surface area contributed by atoms with Gasteiger partial charge in [0.2, 0.25) is 0 Å². The van der Waals surface area contributed by atoms with Crippen molar-refractivity contribution in [3.05, 3.63) is 0 Å². The van der Waals surface area contributed by atoms with E-state index in [4.69, 9.17) is 0 Å². The summed E-state index contributed by atoms with van der Waals surface area (Å²) in [4.78, 5) is 0. The number of hydrogen-bond acceptors (Lipinski definition) is 2. The number of nitrogens with one attached hydrogen (secondary N) is 2. The van der Waals surface area contributed by atoms with Gasteiger partial charge in [0.1, 0.15) is 0 Å². The zero-order chi connectivity index (χ0) is 9.73. The molecule has 0 aliphatic carbocycles. The molecule has 0 unspecified atom stereocenters. The van der Waals surface area contributed by atoms with Crippen molar-refractivity contribution in [3.63, 3.8) is 0 Å². The summed E-state index contributed by atoms with van der Waals surface area (Å²) in [6.45, 7) is 2.77. The minimum atomic E-state index is -4.02. The summed E-state index contributed by atoms with van der Waals surface area (Å²) in [6, 6.07) is 0. The van der Waals surface area contributed by atoms with Crippen molar-refractivity contribution in [2.45, 2.75) is 19.0 Å². The maximum Gasteiger partial charge on any atom is 0.390 e. The van der Waals surface area contributed by atoms with Gasteiger partial charge in [-0.05, 0) is 32.0 Å². The highest BCUT2D eigenvalue weighted by molar-refractivity contribution is 4.74. The smallest absolute Gasteiger partial charge is 0.316 e. The van der Waals surface area contributed by atoms with E-state index >= 15 is 0 Å². The van der Waals surface area contributed by atoms with Gasteiger partial charge in [0.15, 0.2) is 0 Å². The molecule has 0 aromatic carbocycles. The zero-order valence-electron chi connectivity index (χ0n) is 7.45. The van der Waals surface area contributed by atoms with Crippen LogP contribution in [0.25, 0.3) is 0 Å². The number of halogens is 3. The summed E-state index contributed by atoms with van der Waals surface area (Å²) in [6.07, 6.45) is -3.77. The van der Waals surface area contributed by atoms with E-state index in [-0.39, 0.29) is 6.54 Å². The SMILES string of the molecule is FC(F)(F)CCNCCC1CNC1. The molecule has 0 radical (unpaired) electrons. The average molecular weight is 196 g/mol. The predicted octanol–water partition coefficient (Wildman–Crippen LogP) is 1.14. The van der Waals surface area contributed by atoms with E-state index in [0.29, 0.717) is 12.5 Å². The Morgan fingerprint density at radius 3 is 2.38 bits per heavy atom. The quantitative estimate of drug-likeness (QED) is 0.644. The van der Waals surface area contributed by atoms with Gasteiger partial charge >= 0.3 is 6.18 Å². The molecule has 0 aromatic rings. The van der Waals surface area contributed by atoms with Crippen molar-refractivity contribution < 1.29 is 13.2 Å². The van der Waals surface area contributed by atoms with Crippen molar-refractivity contribution in [2.75, 3.05) is 26.2 Å². The summed E-state index contributed by atoms with van der Waals surface area (Å²) in [5, 5.41) is 5.91. The molecular formula is C8H15F3N2. The maximum atomic E-state index is 11.7. The lowest BCUT2D eigenvalue weighted by molar-refractivity contribution is -0.133. The van der Waals surface area contributed by atoms with Crippen LogP contribution in [0, 0.1) is 5.92 Å². The van der Waals surface area contributed by atoms with Gasteiger partial charge in [-0.1, -0.05) is 0 Å². The number of alkyl halides is 3. The van der Waals surface area contributed by atoms with E-state index < -0.39 is 12.6 Å². The molecule has 0 saturated carbocycles. The fourth-order valence-corrected chi connectivity index (χ4v) is 1.21. The fraction of sp³-hybridized carbons (Fsp3) is 1.00. The van der Waals surface area contributed by atoms with E-state index in [1.54, 1.807) is 0 Å². The van der Waals surface area contributed by atoms with Gasteiger partial charge in [-0.3, -0.25) is 0 Å². The van der Waals surface area contributed by atoms with Crippen LogP contribution in [0.15, 0.2) is 0 Å². The first-order valence-corrected chi connectivity index (χ1v) is 4.56. The molecule has 0 spiro atoms. The van der Waals surface area contributed by atoms with Crippen LogP contribution >= 0.6 is 0 Å². The van der Waals surface area contributed by atoms with Gasteiger partial charge in [-0.15, -0.1) is 0 Å². The standard InChI is InChI=1S/C8H15F3N2/c9-8(10,11)2-4-12-3-1-7-5-13-6-7/h7,12-13H,1-6H2. The van der Waals surface area contributed by atoms with Crippen LogP contribution in [0.3, 0.4) is 0 Å². The van der Waals surface area contributed by atoms with E-state index in [2.05, 4.69) is 10.6 Å². The van der Waals surface area contributed by atoms with Gasteiger partial charge < -0.3 is 10.6 Å². The highest BCUT2D eigenvalue weighted by Crippen LogP contribution is 2.18. The van der Waals surface area contributed by atoms with Crippen molar-refractivity contribution in [1.82, 2.24) is 10.6 Å². The van der Waals surface area contributed by atoms with E-state index in [0.717, 1.165) is 19.5 Å². The summed E-state index contributed by atoms with van der Waals surface area (Å²) >= 11 is 0. The van der Waals surface area contributed by atoms with Crippen LogP contribution in [-0.4, -0.2) is 32.4 Å². The molecule has 0 amide bonds. The number of rotatable bonds is 5. The number of hydrogen-bond donors (Lipinski definition) is 2. The molecule has 2 nitrogen and oxygen atoms in total. The Kier molecular flexibility index (Phi) is 3.99. The molecule has 0 bridgehead atoms. The lowest BCUT2D eigenvalue weighted by atomic mass is 10.00. The third-order valence-corrected chi connectivity index (χ3v) is 2.18. The largest absolute Gasteiger partial charge is 0.390 e. The van der Waals surface area contributed by atoms with Gasteiger partial charge in [-0.25, -0.2) is 0 Å². The minimum Gasteiger partial charge on any atom is -0.316 e. The summed E-state index contributed by atoms with van der Waals surface area (Å²) in [5.74, 6) is 0.665. The summed E-state index contributed by atoms with van der Waals surface area (Å²) in [7, 11) is 0. The molecule has 5 heteroatoms. The van der Waals surface area contributed by atoms with Crippen molar-refractivity contribution in [1.29, 1.82) is 0 Å². The van der Waals surface area contributed by atoms with Gasteiger partial charge in [0.05, 0.1) is 6.42 Å². The fourth-order valence-electron chi connectivity index (χ4n) is 1.21. The van der Waals surface area contributed by atoms with Gasteiger partial charge in [-0.2, -0.15) is 13.2 Å². The molecule has 1 rings (SSSR count). The molecule has 78 valence electrons. The molecule has 0 atom stereocenters. The molecule has 1 heterocycles. The van der Waals surface area contributed by atoms with Crippen LogP contribution in [0.2, 0.25) is 0 Å². The first-order valence-electron chi connectivity index (χ1n) is 4.56. The van der Waals surface area contributed by atoms with Crippen molar-refractivity contribution in [3.8, 4) is 0 Å². The molecule has 2 N–H and O–H groups in total. The van der Waals surface area contributed by atoms with Crippen molar-refractivity contribution >= 4 is 0 Å². The van der Waals surface area contributed by atoms with Gasteiger partial charge in [0, 0.05) is 6.54 Å². The first-order chi connectivity index (χ1) is 6.08. The normalized spacial score (nSPS) is 18.7. The first kappa shape index (κ1) is 10.8. The van der Waals surface area contributed by atoms with Gasteiger partial charge in [0.25, 0.3) is 0 Å². The molecular weight excluding hydrogens is 181 g/mol. The Morgan fingerprint density at radius 2 is 1.92 bits per heavy atom. The lowest BCUT2D eigenvalue weighted by Crippen LogP contribution is -2.43. The molecule has 1 saturated heterocycles. The summed E-state index contributed by atoms with van der Waals surface area (Å²) < 4.78 is 35.0. The van der Waals surface area contributed by atoms with Crippen LogP contribution in [0.1, 0.15) is 12.8 Å². The lowest BCUT2D eigenvalue weighted by Gasteiger charge is -2.26. The van der Waals surface area contributed by atoms with E-state index in [1.165, 1.54) is 0 Å². The van der Waals surface area contributed by atoms with E-state index in [9.17, 15) is 13.2 Å². The highest BCUT2D eigenvalue weighted by atomic mass is 19.4. The highest BCUT2D eigenvalue weighted by Gasteiger charge is 2.26.